The van der Waals surface area contributed by atoms with Gasteiger partial charge in [0, 0.05) is 12.1 Å². The minimum atomic E-state index is -0.580. The molecule has 0 saturated heterocycles. The summed E-state index contributed by atoms with van der Waals surface area (Å²) in [5.41, 5.74) is 2.55. The minimum absolute atomic E-state index is 0.0789. The molecule has 0 aromatic heterocycles. The van der Waals surface area contributed by atoms with Crippen LogP contribution in [-0.4, -0.2) is 36.1 Å². The lowest BCUT2D eigenvalue weighted by atomic mass is 10.1. The molecule has 5 heteroatoms. The summed E-state index contributed by atoms with van der Waals surface area (Å²) in [6, 6.07) is 5.54. The quantitative estimate of drug-likeness (QED) is 0.736. The first-order valence-corrected chi connectivity index (χ1v) is 7.11. The molecule has 0 aliphatic heterocycles. The second kappa shape index (κ2) is 7.78. The van der Waals surface area contributed by atoms with Crippen LogP contribution in [0.15, 0.2) is 18.2 Å². The lowest BCUT2D eigenvalue weighted by molar-refractivity contribution is -0.120. The average Bonchev–Trinajstić information content (AvgIpc) is 2.40. The molecule has 2 amide bonds. The number of rotatable bonds is 6. The van der Waals surface area contributed by atoms with E-state index in [9.17, 15) is 14.7 Å². The van der Waals surface area contributed by atoms with Crippen molar-refractivity contribution < 1.29 is 14.7 Å². The maximum absolute atomic E-state index is 12.0. The largest absolute Gasteiger partial charge is 0.391 e. The SMILES string of the molecule is Cc1cc(C)cc(C(=O)NCC(=O)NCC(O)C(C)C)c1. The van der Waals surface area contributed by atoms with Crippen LogP contribution in [0.3, 0.4) is 0 Å². The molecule has 5 nitrogen and oxygen atoms in total. The summed E-state index contributed by atoms with van der Waals surface area (Å²) >= 11 is 0. The van der Waals surface area contributed by atoms with Crippen LogP contribution >= 0.6 is 0 Å². The zero-order valence-electron chi connectivity index (χ0n) is 13.1. The van der Waals surface area contributed by atoms with Crippen LogP contribution in [0.2, 0.25) is 0 Å². The molecular formula is C16H24N2O3. The van der Waals surface area contributed by atoms with E-state index < -0.39 is 6.10 Å². The third kappa shape index (κ3) is 5.95. The smallest absolute Gasteiger partial charge is 0.251 e. The first-order chi connectivity index (χ1) is 9.79. The molecule has 0 saturated carbocycles. The molecule has 21 heavy (non-hydrogen) atoms. The highest BCUT2D eigenvalue weighted by Crippen LogP contribution is 2.08. The fourth-order valence-electron chi connectivity index (χ4n) is 1.88. The Labute approximate surface area is 125 Å². The first-order valence-electron chi connectivity index (χ1n) is 7.11. The molecule has 1 atom stereocenters. The van der Waals surface area contributed by atoms with Gasteiger partial charge in [0.15, 0.2) is 0 Å². The number of nitrogens with one attached hydrogen (secondary N) is 2. The number of aryl methyl sites for hydroxylation is 2. The second-order valence-corrected chi connectivity index (χ2v) is 5.67. The summed E-state index contributed by atoms with van der Waals surface area (Å²) in [5.74, 6) is -0.510. The molecule has 0 radical (unpaired) electrons. The fourth-order valence-corrected chi connectivity index (χ4v) is 1.88. The molecule has 1 aromatic carbocycles. The maximum Gasteiger partial charge on any atom is 0.251 e. The zero-order valence-corrected chi connectivity index (χ0v) is 13.1. The summed E-state index contributed by atoms with van der Waals surface area (Å²) in [6.45, 7) is 7.68. The van der Waals surface area contributed by atoms with Gasteiger partial charge < -0.3 is 15.7 Å². The summed E-state index contributed by atoms with van der Waals surface area (Å²) in [6.07, 6.45) is -0.580. The van der Waals surface area contributed by atoms with E-state index in [2.05, 4.69) is 10.6 Å². The molecule has 0 bridgehead atoms. The molecule has 1 rings (SSSR count). The Balaban J connectivity index is 2.44. The summed E-state index contributed by atoms with van der Waals surface area (Å²) in [4.78, 5) is 23.6. The summed E-state index contributed by atoms with van der Waals surface area (Å²) in [5, 5.41) is 14.8. The number of hydrogen-bond acceptors (Lipinski definition) is 3. The third-order valence-corrected chi connectivity index (χ3v) is 3.17. The van der Waals surface area contributed by atoms with Gasteiger partial charge in [-0.2, -0.15) is 0 Å². The van der Waals surface area contributed by atoms with Crippen LogP contribution in [-0.2, 0) is 4.79 Å². The van der Waals surface area contributed by atoms with Crippen molar-refractivity contribution >= 4 is 11.8 Å². The van der Waals surface area contributed by atoms with E-state index in [1.54, 1.807) is 12.1 Å². The Bertz CT molecular complexity index is 492. The van der Waals surface area contributed by atoms with Gasteiger partial charge in [-0.15, -0.1) is 0 Å². The van der Waals surface area contributed by atoms with Gasteiger partial charge in [0.05, 0.1) is 12.6 Å². The normalized spacial score (nSPS) is 12.1. The van der Waals surface area contributed by atoms with E-state index in [0.717, 1.165) is 11.1 Å². The van der Waals surface area contributed by atoms with E-state index in [1.165, 1.54) is 0 Å². The van der Waals surface area contributed by atoms with Gasteiger partial charge in [-0.3, -0.25) is 9.59 Å². The molecule has 3 N–H and O–H groups in total. The third-order valence-electron chi connectivity index (χ3n) is 3.17. The van der Waals surface area contributed by atoms with Crippen molar-refractivity contribution in [3.8, 4) is 0 Å². The molecule has 1 unspecified atom stereocenters. The van der Waals surface area contributed by atoms with Crippen LogP contribution in [0, 0.1) is 19.8 Å². The fraction of sp³-hybridized carbons (Fsp3) is 0.500. The number of carbonyl (C=O) groups is 2. The van der Waals surface area contributed by atoms with E-state index >= 15 is 0 Å². The van der Waals surface area contributed by atoms with Crippen molar-refractivity contribution in [2.24, 2.45) is 5.92 Å². The van der Waals surface area contributed by atoms with Gasteiger partial charge in [0.2, 0.25) is 5.91 Å². The highest BCUT2D eigenvalue weighted by Gasteiger charge is 2.12. The Morgan fingerprint density at radius 3 is 2.19 bits per heavy atom. The predicted molar refractivity (Wildman–Crippen MR) is 82.1 cm³/mol. The van der Waals surface area contributed by atoms with E-state index in [-0.39, 0.29) is 30.8 Å². The van der Waals surface area contributed by atoms with Gasteiger partial charge in [0.1, 0.15) is 0 Å². The zero-order chi connectivity index (χ0) is 16.0. The van der Waals surface area contributed by atoms with Crippen molar-refractivity contribution in [1.29, 1.82) is 0 Å². The average molecular weight is 292 g/mol. The van der Waals surface area contributed by atoms with Gasteiger partial charge in [-0.05, 0) is 31.9 Å². The summed E-state index contributed by atoms with van der Waals surface area (Å²) in [7, 11) is 0. The van der Waals surface area contributed by atoms with E-state index in [0.29, 0.717) is 5.56 Å². The summed E-state index contributed by atoms with van der Waals surface area (Å²) < 4.78 is 0. The molecule has 0 aliphatic rings. The Hall–Kier alpha value is -1.88. The maximum atomic E-state index is 12.0. The van der Waals surface area contributed by atoms with Gasteiger partial charge in [-0.25, -0.2) is 0 Å². The molecule has 0 spiro atoms. The van der Waals surface area contributed by atoms with Crippen molar-refractivity contribution in [1.82, 2.24) is 10.6 Å². The van der Waals surface area contributed by atoms with Crippen LogP contribution in [0.5, 0.6) is 0 Å². The monoisotopic (exact) mass is 292 g/mol. The highest BCUT2D eigenvalue weighted by molar-refractivity contribution is 5.96. The molecule has 1 aromatic rings. The number of aliphatic hydroxyl groups excluding tert-OH is 1. The molecule has 0 heterocycles. The second-order valence-electron chi connectivity index (χ2n) is 5.67. The Morgan fingerprint density at radius 1 is 1.10 bits per heavy atom. The number of aliphatic hydroxyl groups is 1. The van der Waals surface area contributed by atoms with E-state index in [1.807, 2.05) is 33.8 Å². The lowest BCUT2D eigenvalue weighted by Crippen LogP contribution is -2.41. The molecular weight excluding hydrogens is 268 g/mol. The standard InChI is InChI=1S/C16H24N2O3/c1-10(2)14(19)8-17-15(20)9-18-16(21)13-6-11(3)5-12(4)7-13/h5-7,10,14,19H,8-9H2,1-4H3,(H,17,20)(H,18,21). The van der Waals surface area contributed by atoms with Gasteiger partial charge in [-0.1, -0.05) is 31.0 Å². The van der Waals surface area contributed by atoms with Crippen molar-refractivity contribution in [2.75, 3.05) is 13.1 Å². The van der Waals surface area contributed by atoms with Crippen molar-refractivity contribution in [2.45, 2.75) is 33.8 Å². The Kier molecular flexibility index (Phi) is 6.37. The first kappa shape index (κ1) is 17.2. The molecule has 0 fully saturated rings. The van der Waals surface area contributed by atoms with Crippen molar-refractivity contribution in [3.05, 3.63) is 34.9 Å². The van der Waals surface area contributed by atoms with Gasteiger partial charge >= 0.3 is 0 Å². The van der Waals surface area contributed by atoms with Crippen molar-refractivity contribution in [3.63, 3.8) is 0 Å². The number of carbonyl (C=O) groups excluding carboxylic acids is 2. The van der Waals surface area contributed by atoms with Crippen LogP contribution in [0.25, 0.3) is 0 Å². The van der Waals surface area contributed by atoms with Crippen LogP contribution in [0.1, 0.15) is 35.3 Å². The molecule has 116 valence electrons. The number of amides is 2. The predicted octanol–water partition coefficient (Wildman–Crippen LogP) is 1.17. The highest BCUT2D eigenvalue weighted by atomic mass is 16.3. The van der Waals surface area contributed by atoms with Crippen LogP contribution < -0.4 is 10.6 Å². The minimum Gasteiger partial charge on any atom is -0.391 e. The number of hydrogen-bond donors (Lipinski definition) is 3. The van der Waals surface area contributed by atoms with E-state index in [4.69, 9.17) is 0 Å². The topological polar surface area (TPSA) is 78.4 Å². The van der Waals surface area contributed by atoms with Crippen LogP contribution in [0.4, 0.5) is 0 Å². The lowest BCUT2D eigenvalue weighted by Gasteiger charge is -2.15. The Morgan fingerprint density at radius 2 is 1.67 bits per heavy atom. The van der Waals surface area contributed by atoms with Gasteiger partial charge in [0.25, 0.3) is 5.91 Å². The molecule has 0 aliphatic carbocycles. The number of benzene rings is 1.